The Morgan fingerprint density at radius 3 is 2.33 bits per heavy atom. The second kappa shape index (κ2) is 11.9. The second-order valence-corrected chi connectivity index (χ2v) is 11.0. The van der Waals surface area contributed by atoms with Gasteiger partial charge in [-0.15, -0.1) is 11.3 Å². The Bertz CT molecular complexity index is 1970. The summed E-state index contributed by atoms with van der Waals surface area (Å²) in [5.41, 5.74) is 9.45. The van der Waals surface area contributed by atoms with E-state index in [1.807, 2.05) is 50.2 Å². The van der Waals surface area contributed by atoms with E-state index in [9.17, 15) is 24.5 Å². The van der Waals surface area contributed by atoms with Crippen LogP contribution in [0.15, 0.2) is 83.2 Å². The van der Waals surface area contributed by atoms with Crippen LogP contribution in [0.5, 0.6) is 0 Å². The van der Waals surface area contributed by atoms with Crippen LogP contribution in [0.2, 0.25) is 0 Å². The van der Waals surface area contributed by atoms with Gasteiger partial charge in [0.15, 0.2) is 0 Å². The van der Waals surface area contributed by atoms with Crippen LogP contribution in [0.4, 0.5) is 11.4 Å². The van der Waals surface area contributed by atoms with E-state index in [1.54, 1.807) is 25.1 Å². The minimum absolute atomic E-state index is 0.0449. The summed E-state index contributed by atoms with van der Waals surface area (Å²) in [6.07, 6.45) is 1.70. The maximum absolute atomic E-state index is 14.2. The number of nitrogens with two attached hydrogens (primary N) is 1. The molecule has 2 heterocycles. The molecule has 218 valence electrons. The average Bonchev–Trinajstić information content (AvgIpc) is 3.30. The molecule has 3 N–H and O–H groups in total. The quantitative estimate of drug-likeness (QED) is 0.188. The Kier molecular flexibility index (Phi) is 8.09. The smallest absolute Gasteiger partial charge is 0.338 e. The van der Waals surface area contributed by atoms with Crippen molar-refractivity contribution < 1.29 is 19.2 Å². The van der Waals surface area contributed by atoms with Crippen molar-refractivity contribution in [2.75, 3.05) is 11.9 Å². The van der Waals surface area contributed by atoms with Crippen LogP contribution in [0, 0.1) is 24.0 Å². The first-order valence-electron chi connectivity index (χ1n) is 13.4. The molecule has 1 amide bonds. The first-order chi connectivity index (χ1) is 20.6. The van der Waals surface area contributed by atoms with Crippen molar-refractivity contribution in [3.63, 3.8) is 0 Å². The number of hydrogen-bond donors (Lipinski definition) is 2. The van der Waals surface area contributed by atoms with Crippen molar-refractivity contribution >= 4 is 52.1 Å². The van der Waals surface area contributed by atoms with Gasteiger partial charge in [0.2, 0.25) is 0 Å². The van der Waals surface area contributed by atoms with Gasteiger partial charge in [-0.2, -0.15) is 0 Å². The molecule has 0 aliphatic carbocycles. The first kappa shape index (κ1) is 29.2. The molecule has 1 aliphatic heterocycles. The molecular formula is C32H28N4O6S. The highest BCUT2D eigenvalue weighted by Gasteiger charge is 2.39. The number of carbonyl (C=O) groups is 2. The van der Waals surface area contributed by atoms with Crippen molar-refractivity contribution in [2.24, 2.45) is 5.73 Å². The topological polar surface area (TPSA) is 147 Å². The molecule has 0 spiro atoms. The molecule has 1 unspecified atom stereocenters. The zero-order valence-electron chi connectivity index (χ0n) is 23.6. The zero-order chi connectivity index (χ0) is 30.8. The number of ether oxygens (including phenoxy) is 1. The van der Waals surface area contributed by atoms with Gasteiger partial charge in [-0.05, 0) is 44.0 Å². The summed E-state index contributed by atoms with van der Waals surface area (Å²) in [4.78, 5) is 52.2. The van der Waals surface area contributed by atoms with Crippen molar-refractivity contribution in [2.45, 2.75) is 26.7 Å². The summed E-state index contributed by atoms with van der Waals surface area (Å²) in [7, 11) is 0. The summed E-state index contributed by atoms with van der Waals surface area (Å²) < 4.78 is 7.08. The maximum Gasteiger partial charge on any atom is 0.338 e. The van der Waals surface area contributed by atoms with Gasteiger partial charge in [-0.25, -0.2) is 4.79 Å². The van der Waals surface area contributed by atoms with Gasteiger partial charge in [-0.3, -0.25) is 24.3 Å². The lowest BCUT2D eigenvalue weighted by Gasteiger charge is -2.27. The van der Waals surface area contributed by atoms with E-state index in [4.69, 9.17) is 10.5 Å². The number of nitro benzene ring substituents is 1. The van der Waals surface area contributed by atoms with E-state index in [-0.39, 0.29) is 39.6 Å². The Labute approximate surface area is 250 Å². The fourth-order valence-electron chi connectivity index (χ4n) is 4.88. The molecule has 1 atom stereocenters. The lowest BCUT2D eigenvalue weighted by atomic mass is 9.82. The summed E-state index contributed by atoms with van der Waals surface area (Å²) in [5, 5.41) is 14.1. The third kappa shape index (κ3) is 5.75. The molecule has 4 aromatic rings. The highest BCUT2D eigenvalue weighted by molar-refractivity contribution is 7.07. The van der Waals surface area contributed by atoms with Gasteiger partial charge >= 0.3 is 5.97 Å². The summed E-state index contributed by atoms with van der Waals surface area (Å²) in [6.45, 7) is 5.56. The van der Waals surface area contributed by atoms with Crippen LogP contribution in [0.25, 0.3) is 17.5 Å². The van der Waals surface area contributed by atoms with E-state index < -0.39 is 28.3 Å². The molecule has 10 nitrogen and oxygen atoms in total. The number of hydrogen-bond acceptors (Lipinski definition) is 8. The maximum atomic E-state index is 14.2. The van der Waals surface area contributed by atoms with Gasteiger partial charge in [-0.1, -0.05) is 65.7 Å². The number of thiazole rings is 1. The number of non-ortho nitro benzene ring substituents is 1. The van der Waals surface area contributed by atoms with Crippen LogP contribution in [0.1, 0.15) is 35.1 Å². The van der Waals surface area contributed by atoms with Crippen LogP contribution in [0.3, 0.4) is 0 Å². The average molecular weight is 597 g/mol. The number of benzene rings is 3. The molecule has 0 fully saturated rings. The van der Waals surface area contributed by atoms with Crippen molar-refractivity contribution in [1.82, 2.24) is 4.57 Å². The van der Waals surface area contributed by atoms with Gasteiger partial charge in [0.25, 0.3) is 17.2 Å². The number of rotatable bonds is 7. The number of anilines is 1. The molecule has 0 radical (unpaired) electrons. The molecule has 43 heavy (non-hydrogen) atoms. The van der Waals surface area contributed by atoms with Crippen molar-refractivity contribution in [3.05, 3.63) is 130 Å². The standard InChI is InChI=1S/C32H28N4O6S/c1-4-42-32(39)26-25(21-14-10-19(3)11-15-21)27(29(37)34-22-6-5-7-23(17-22)36(40)41)31-35(28(26)33)30(38)24(43-31)16-20-12-8-18(2)9-13-20/h5-17,25H,4,33H2,1-3H3,(H,34,37)/b24-16-. The van der Waals surface area contributed by atoms with Gasteiger partial charge in [0.1, 0.15) is 10.5 Å². The number of amides is 1. The zero-order valence-corrected chi connectivity index (χ0v) is 24.4. The highest BCUT2D eigenvalue weighted by Crippen LogP contribution is 2.38. The van der Waals surface area contributed by atoms with Gasteiger partial charge < -0.3 is 15.8 Å². The summed E-state index contributed by atoms with van der Waals surface area (Å²) >= 11 is 1.07. The molecule has 3 aromatic carbocycles. The largest absolute Gasteiger partial charge is 0.463 e. The van der Waals surface area contributed by atoms with E-state index in [0.717, 1.165) is 28.0 Å². The van der Waals surface area contributed by atoms with E-state index in [1.165, 1.54) is 28.8 Å². The number of carbonyl (C=O) groups excluding carboxylic acids is 2. The Morgan fingerprint density at radius 2 is 1.70 bits per heavy atom. The number of nitro groups is 1. The number of nitrogens with one attached hydrogen (secondary N) is 1. The van der Waals surface area contributed by atoms with Crippen LogP contribution < -0.4 is 25.8 Å². The highest BCUT2D eigenvalue weighted by atomic mass is 32.1. The Hall–Kier alpha value is -5.29. The predicted molar refractivity (Wildman–Crippen MR) is 166 cm³/mol. The number of esters is 1. The molecule has 1 aromatic heterocycles. The monoisotopic (exact) mass is 596 g/mol. The molecule has 0 saturated heterocycles. The minimum Gasteiger partial charge on any atom is -0.463 e. The SMILES string of the molecule is CCOC(=O)C1=C(N)n2c(s/c(=C\c3ccc(C)cc3)c2=O)=C(C(=O)Nc2cccc([N+](=O)[O-])c2)C1c1ccc(C)cc1. The molecule has 0 bridgehead atoms. The number of nitrogens with zero attached hydrogens (tertiary/aromatic N) is 2. The minimum atomic E-state index is -0.997. The number of aryl methyl sites for hydroxylation is 2. The van der Waals surface area contributed by atoms with Crippen LogP contribution in [-0.2, 0) is 14.3 Å². The normalized spacial score (nSPS) is 14.8. The Morgan fingerprint density at radius 1 is 1.05 bits per heavy atom. The van der Waals surface area contributed by atoms with E-state index in [0.29, 0.717) is 10.1 Å². The van der Waals surface area contributed by atoms with E-state index in [2.05, 4.69) is 5.32 Å². The van der Waals surface area contributed by atoms with Crippen molar-refractivity contribution in [1.29, 1.82) is 0 Å². The van der Waals surface area contributed by atoms with Crippen LogP contribution in [-0.4, -0.2) is 28.0 Å². The lowest BCUT2D eigenvalue weighted by molar-refractivity contribution is -0.384. The third-order valence-corrected chi connectivity index (χ3v) is 8.10. The third-order valence-electron chi connectivity index (χ3n) is 6.99. The summed E-state index contributed by atoms with van der Waals surface area (Å²) in [5.74, 6) is -2.55. The molecular weight excluding hydrogens is 568 g/mol. The molecule has 1 aliphatic rings. The first-order valence-corrected chi connectivity index (χ1v) is 14.2. The van der Waals surface area contributed by atoms with Crippen molar-refractivity contribution in [3.8, 4) is 0 Å². The predicted octanol–water partition coefficient (Wildman–Crippen LogP) is 3.54. The molecule has 11 heteroatoms. The fourth-order valence-corrected chi connectivity index (χ4v) is 6.05. The Balaban J connectivity index is 1.81. The fraction of sp³-hybridized carbons (Fsp3) is 0.156. The molecule has 5 rings (SSSR count). The number of aromatic nitrogens is 1. The number of fused-ring (bicyclic) bond motifs is 1. The lowest BCUT2D eigenvalue weighted by Crippen LogP contribution is -2.42. The van der Waals surface area contributed by atoms with Crippen LogP contribution >= 0.6 is 11.3 Å². The van der Waals surface area contributed by atoms with Gasteiger partial charge in [0, 0.05) is 17.8 Å². The second-order valence-electron chi connectivity index (χ2n) is 10.0. The van der Waals surface area contributed by atoms with E-state index >= 15 is 0 Å². The molecule has 0 saturated carbocycles. The summed E-state index contributed by atoms with van der Waals surface area (Å²) in [6, 6.07) is 20.4. The van der Waals surface area contributed by atoms with Gasteiger partial charge in [0.05, 0.1) is 33.1 Å².